The first-order chi connectivity index (χ1) is 13.7. The lowest BCUT2D eigenvalue weighted by atomic mass is 10.1. The molecule has 1 atom stereocenters. The molecule has 1 saturated heterocycles. The van der Waals surface area contributed by atoms with E-state index in [2.05, 4.69) is 20.6 Å². The summed E-state index contributed by atoms with van der Waals surface area (Å²) in [4.78, 5) is 27.0. The van der Waals surface area contributed by atoms with Gasteiger partial charge in [0.15, 0.2) is 0 Å². The van der Waals surface area contributed by atoms with Gasteiger partial charge in [-0.15, -0.1) is 0 Å². The summed E-state index contributed by atoms with van der Waals surface area (Å²) in [5.74, 6) is -0.225. The lowest BCUT2D eigenvalue weighted by Gasteiger charge is -2.34. The van der Waals surface area contributed by atoms with Gasteiger partial charge in [0.05, 0.1) is 18.0 Å². The maximum absolute atomic E-state index is 12.6. The van der Waals surface area contributed by atoms with Crippen molar-refractivity contribution in [1.82, 2.24) is 25.1 Å². The van der Waals surface area contributed by atoms with E-state index in [4.69, 9.17) is 0 Å². The SMILES string of the molecule is O=C(CC1C(=O)NCCN1Cc1ccccc1)NCc1cccn2nccc12. The number of fused-ring (bicyclic) bond motifs is 1. The number of nitrogens with zero attached hydrogens (tertiary/aromatic N) is 3. The largest absolute Gasteiger partial charge is 0.353 e. The van der Waals surface area contributed by atoms with Crippen LogP contribution < -0.4 is 10.6 Å². The van der Waals surface area contributed by atoms with Crippen molar-refractivity contribution in [2.75, 3.05) is 13.1 Å². The zero-order valence-electron chi connectivity index (χ0n) is 15.5. The third-order valence-electron chi connectivity index (χ3n) is 5.05. The second kappa shape index (κ2) is 8.22. The Morgan fingerprint density at radius 1 is 1.18 bits per heavy atom. The molecule has 0 bridgehead atoms. The van der Waals surface area contributed by atoms with Gasteiger partial charge in [-0.25, -0.2) is 4.52 Å². The number of piperazine rings is 1. The van der Waals surface area contributed by atoms with Gasteiger partial charge in [-0.3, -0.25) is 14.5 Å². The zero-order valence-corrected chi connectivity index (χ0v) is 15.5. The van der Waals surface area contributed by atoms with Crippen LogP contribution in [-0.2, 0) is 22.7 Å². The number of aromatic nitrogens is 2. The average molecular weight is 377 g/mol. The summed E-state index contributed by atoms with van der Waals surface area (Å²) in [6.07, 6.45) is 3.74. The summed E-state index contributed by atoms with van der Waals surface area (Å²) in [6.45, 7) is 2.39. The summed E-state index contributed by atoms with van der Waals surface area (Å²) in [6, 6.07) is 15.3. The summed E-state index contributed by atoms with van der Waals surface area (Å²) in [7, 11) is 0. The third-order valence-corrected chi connectivity index (χ3v) is 5.05. The van der Waals surface area contributed by atoms with Crippen molar-refractivity contribution in [2.24, 2.45) is 0 Å². The molecule has 0 radical (unpaired) electrons. The lowest BCUT2D eigenvalue weighted by molar-refractivity contribution is -0.134. The summed E-state index contributed by atoms with van der Waals surface area (Å²) in [5, 5.41) is 10.0. The maximum Gasteiger partial charge on any atom is 0.237 e. The average Bonchev–Trinajstić information content (AvgIpc) is 3.19. The lowest BCUT2D eigenvalue weighted by Crippen LogP contribution is -2.56. The van der Waals surface area contributed by atoms with Gasteiger partial charge in [-0.05, 0) is 23.3 Å². The Morgan fingerprint density at radius 2 is 2.04 bits per heavy atom. The molecule has 1 aliphatic rings. The Balaban J connectivity index is 1.39. The standard InChI is InChI=1S/C21H23N5O2/c27-20(23-14-17-7-4-11-26-18(17)8-9-24-26)13-19-21(28)22-10-12-25(19)15-16-5-2-1-3-6-16/h1-9,11,19H,10,12-15H2,(H,22,28)(H,23,27). The minimum Gasteiger partial charge on any atom is -0.353 e. The molecule has 144 valence electrons. The molecule has 1 unspecified atom stereocenters. The van der Waals surface area contributed by atoms with Gasteiger partial charge in [-0.2, -0.15) is 5.10 Å². The molecule has 0 spiro atoms. The molecular formula is C21H23N5O2. The maximum atomic E-state index is 12.6. The van der Waals surface area contributed by atoms with Crippen LogP contribution in [0.2, 0.25) is 0 Å². The quantitative estimate of drug-likeness (QED) is 0.680. The number of hydrogen-bond acceptors (Lipinski definition) is 4. The van der Waals surface area contributed by atoms with E-state index in [0.29, 0.717) is 19.6 Å². The van der Waals surface area contributed by atoms with Crippen molar-refractivity contribution >= 4 is 17.3 Å². The second-order valence-corrected chi connectivity index (χ2v) is 6.94. The van der Waals surface area contributed by atoms with Gasteiger partial charge in [0.25, 0.3) is 0 Å². The van der Waals surface area contributed by atoms with Crippen LogP contribution in [0.1, 0.15) is 17.5 Å². The van der Waals surface area contributed by atoms with Crippen molar-refractivity contribution < 1.29 is 9.59 Å². The van der Waals surface area contributed by atoms with E-state index in [0.717, 1.165) is 23.2 Å². The van der Waals surface area contributed by atoms with Crippen molar-refractivity contribution in [3.05, 3.63) is 72.1 Å². The highest BCUT2D eigenvalue weighted by molar-refractivity contribution is 5.88. The fourth-order valence-corrected chi connectivity index (χ4v) is 3.60. The normalized spacial score (nSPS) is 17.4. The van der Waals surface area contributed by atoms with Crippen LogP contribution >= 0.6 is 0 Å². The summed E-state index contributed by atoms with van der Waals surface area (Å²) < 4.78 is 1.78. The molecule has 2 N–H and O–H groups in total. The van der Waals surface area contributed by atoms with Crippen LogP contribution in [0.3, 0.4) is 0 Å². The van der Waals surface area contributed by atoms with Crippen LogP contribution in [0.25, 0.3) is 5.52 Å². The van der Waals surface area contributed by atoms with Crippen LogP contribution in [0.5, 0.6) is 0 Å². The van der Waals surface area contributed by atoms with Gasteiger partial charge in [-0.1, -0.05) is 36.4 Å². The fraction of sp³-hybridized carbons (Fsp3) is 0.286. The molecule has 1 aliphatic heterocycles. The monoisotopic (exact) mass is 377 g/mol. The fourth-order valence-electron chi connectivity index (χ4n) is 3.60. The first kappa shape index (κ1) is 18.2. The molecule has 2 amide bonds. The zero-order chi connectivity index (χ0) is 19.3. The van der Waals surface area contributed by atoms with E-state index in [1.54, 1.807) is 10.7 Å². The van der Waals surface area contributed by atoms with Crippen molar-refractivity contribution in [2.45, 2.75) is 25.6 Å². The summed E-state index contributed by atoms with van der Waals surface area (Å²) >= 11 is 0. The topological polar surface area (TPSA) is 78.7 Å². The van der Waals surface area contributed by atoms with E-state index in [-0.39, 0.29) is 18.2 Å². The predicted octanol–water partition coefficient (Wildman–Crippen LogP) is 1.34. The smallest absolute Gasteiger partial charge is 0.237 e. The molecule has 7 nitrogen and oxygen atoms in total. The van der Waals surface area contributed by atoms with Gasteiger partial charge in [0, 0.05) is 38.6 Å². The molecule has 7 heteroatoms. The number of pyridine rings is 1. The van der Waals surface area contributed by atoms with Crippen molar-refractivity contribution in [1.29, 1.82) is 0 Å². The van der Waals surface area contributed by atoms with Crippen LogP contribution in [0.15, 0.2) is 60.9 Å². The first-order valence-corrected chi connectivity index (χ1v) is 9.44. The van der Waals surface area contributed by atoms with Crippen molar-refractivity contribution in [3.63, 3.8) is 0 Å². The molecule has 0 aliphatic carbocycles. The minimum absolute atomic E-state index is 0.0878. The Hall–Kier alpha value is -3.19. The predicted molar refractivity (Wildman–Crippen MR) is 105 cm³/mol. The van der Waals surface area contributed by atoms with Crippen LogP contribution in [0.4, 0.5) is 0 Å². The Kier molecular flexibility index (Phi) is 5.34. The molecule has 3 aromatic rings. The van der Waals surface area contributed by atoms with E-state index in [1.165, 1.54) is 0 Å². The number of benzene rings is 1. The number of hydrogen-bond donors (Lipinski definition) is 2. The molecule has 28 heavy (non-hydrogen) atoms. The van der Waals surface area contributed by atoms with Gasteiger partial charge >= 0.3 is 0 Å². The number of carbonyl (C=O) groups excluding carboxylic acids is 2. The van der Waals surface area contributed by atoms with E-state index in [9.17, 15) is 9.59 Å². The van der Waals surface area contributed by atoms with Gasteiger partial charge in [0.1, 0.15) is 0 Å². The highest BCUT2D eigenvalue weighted by Gasteiger charge is 2.31. The third kappa shape index (κ3) is 4.04. The van der Waals surface area contributed by atoms with E-state index in [1.807, 2.05) is 54.7 Å². The molecular weight excluding hydrogens is 354 g/mol. The Bertz CT molecular complexity index is 969. The van der Waals surface area contributed by atoms with Gasteiger partial charge in [0.2, 0.25) is 11.8 Å². The molecule has 3 heterocycles. The molecule has 1 aromatic carbocycles. The molecule has 0 saturated carbocycles. The molecule has 4 rings (SSSR count). The molecule has 2 aromatic heterocycles. The first-order valence-electron chi connectivity index (χ1n) is 9.44. The van der Waals surface area contributed by atoms with Crippen molar-refractivity contribution in [3.8, 4) is 0 Å². The van der Waals surface area contributed by atoms with Gasteiger partial charge < -0.3 is 10.6 Å². The number of nitrogens with one attached hydrogen (secondary N) is 2. The van der Waals surface area contributed by atoms with Crippen LogP contribution in [-0.4, -0.2) is 45.5 Å². The number of rotatable bonds is 6. The second-order valence-electron chi connectivity index (χ2n) is 6.94. The van der Waals surface area contributed by atoms with Crippen LogP contribution in [0, 0.1) is 0 Å². The number of amides is 2. The summed E-state index contributed by atoms with van der Waals surface area (Å²) in [5.41, 5.74) is 3.08. The Labute approximate surface area is 163 Å². The number of carbonyl (C=O) groups is 2. The van der Waals surface area contributed by atoms with E-state index >= 15 is 0 Å². The Morgan fingerprint density at radius 3 is 2.89 bits per heavy atom. The molecule has 1 fully saturated rings. The minimum atomic E-state index is -0.459. The highest BCUT2D eigenvalue weighted by Crippen LogP contribution is 2.14. The van der Waals surface area contributed by atoms with E-state index < -0.39 is 6.04 Å². The highest BCUT2D eigenvalue weighted by atomic mass is 16.2.